The standard InChI is InChI=1S/C21H27N/c1-7-20(2,3)18-12-15-14-10-8-9-11-16(14)21(4,5)17(15)13-19(18)22-6/h8-13,22H,7H2,1-6H3. The monoisotopic (exact) mass is 293 g/mol. The van der Waals surface area contributed by atoms with E-state index in [9.17, 15) is 0 Å². The predicted molar refractivity (Wildman–Crippen MR) is 96.9 cm³/mol. The lowest BCUT2D eigenvalue weighted by Gasteiger charge is -2.29. The summed E-state index contributed by atoms with van der Waals surface area (Å²) >= 11 is 0. The van der Waals surface area contributed by atoms with E-state index in [2.05, 4.69) is 76.3 Å². The van der Waals surface area contributed by atoms with Crippen LogP contribution in [0.3, 0.4) is 0 Å². The van der Waals surface area contributed by atoms with Crippen LogP contribution >= 0.6 is 0 Å². The molecule has 0 heterocycles. The third-order valence-corrected chi connectivity index (χ3v) is 5.60. The summed E-state index contributed by atoms with van der Waals surface area (Å²) in [6.07, 6.45) is 1.13. The van der Waals surface area contributed by atoms with Gasteiger partial charge in [0.1, 0.15) is 0 Å². The minimum absolute atomic E-state index is 0.0758. The van der Waals surface area contributed by atoms with E-state index in [1.807, 2.05) is 7.05 Å². The summed E-state index contributed by atoms with van der Waals surface area (Å²) in [4.78, 5) is 0. The molecule has 1 aliphatic rings. The van der Waals surface area contributed by atoms with Gasteiger partial charge in [0, 0.05) is 18.2 Å². The third kappa shape index (κ3) is 1.99. The first-order valence-corrected chi connectivity index (χ1v) is 8.29. The summed E-state index contributed by atoms with van der Waals surface area (Å²) < 4.78 is 0. The van der Waals surface area contributed by atoms with Gasteiger partial charge in [-0.05, 0) is 51.8 Å². The van der Waals surface area contributed by atoms with Crippen LogP contribution in [0.15, 0.2) is 36.4 Å². The fourth-order valence-corrected chi connectivity index (χ4v) is 3.70. The molecule has 1 heteroatoms. The van der Waals surface area contributed by atoms with E-state index in [-0.39, 0.29) is 10.8 Å². The molecule has 0 radical (unpaired) electrons. The molecule has 1 N–H and O–H groups in total. The summed E-state index contributed by atoms with van der Waals surface area (Å²) in [5.41, 5.74) is 8.64. The van der Waals surface area contributed by atoms with Gasteiger partial charge in [0.05, 0.1) is 0 Å². The van der Waals surface area contributed by atoms with E-state index < -0.39 is 0 Å². The van der Waals surface area contributed by atoms with E-state index in [4.69, 9.17) is 0 Å². The minimum Gasteiger partial charge on any atom is -0.388 e. The molecule has 2 aromatic carbocycles. The topological polar surface area (TPSA) is 12.0 Å². The van der Waals surface area contributed by atoms with Crippen LogP contribution in [0, 0.1) is 0 Å². The number of nitrogens with one attached hydrogen (secondary N) is 1. The number of anilines is 1. The van der Waals surface area contributed by atoms with Gasteiger partial charge in [-0.15, -0.1) is 0 Å². The fourth-order valence-electron chi connectivity index (χ4n) is 3.70. The zero-order valence-electron chi connectivity index (χ0n) is 14.7. The van der Waals surface area contributed by atoms with Crippen LogP contribution in [0.1, 0.15) is 57.7 Å². The summed E-state index contributed by atoms with van der Waals surface area (Å²) in [6, 6.07) is 13.7. The van der Waals surface area contributed by atoms with Crippen molar-refractivity contribution in [2.75, 3.05) is 12.4 Å². The minimum atomic E-state index is 0.0758. The number of fused-ring (bicyclic) bond motifs is 3. The molecule has 0 saturated carbocycles. The second-order valence-corrected chi connectivity index (χ2v) is 7.60. The summed E-state index contributed by atoms with van der Waals surface area (Å²) in [5, 5.41) is 3.43. The summed E-state index contributed by atoms with van der Waals surface area (Å²) in [5.74, 6) is 0. The lowest BCUT2D eigenvalue weighted by atomic mass is 9.77. The van der Waals surface area contributed by atoms with E-state index in [0.717, 1.165) is 6.42 Å². The lowest BCUT2D eigenvalue weighted by Crippen LogP contribution is -2.19. The number of hydrogen-bond donors (Lipinski definition) is 1. The van der Waals surface area contributed by atoms with E-state index in [1.165, 1.54) is 33.5 Å². The van der Waals surface area contributed by atoms with Gasteiger partial charge < -0.3 is 5.32 Å². The van der Waals surface area contributed by atoms with Crippen molar-refractivity contribution in [3.63, 3.8) is 0 Å². The molecule has 3 rings (SSSR count). The molecule has 0 saturated heterocycles. The van der Waals surface area contributed by atoms with Crippen LogP contribution in [0.2, 0.25) is 0 Å². The Morgan fingerprint density at radius 3 is 2.32 bits per heavy atom. The lowest BCUT2D eigenvalue weighted by molar-refractivity contribution is 0.507. The average molecular weight is 293 g/mol. The second kappa shape index (κ2) is 4.87. The van der Waals surface area contributed by atoms with Crippen molar-refractivity contribution in [2.45, 2.75) is 51.9 Å². The van der Waals surface area contributed by atoms with Crippen molar-refractivity contribution in [2.24, 2.45) is 0 Å². The number of benzene rings is 2. The van der Waals surface area contributed by atoms with Crippen molar-refractivity contribution >= 4 is 5.69 Å². The van der Waals surface area contributed by atoms with Crippen LogP contribution in [-0.2, 0) is 10.8 Å². The first-order valence-electron chi connectivity index (χ1n) is 8.29. The molecule has 0 aromatic heterocycles. The molecule has 0 aliphatic heterocycles. The second-order valence-electron chi connectivity index (χ2n) is 7.60. The molecular weight excluding hydrogens is 266 g/mol. The van der Waals surface area contributed by atoms with Gasteiger partial charge in [0.2, 0.25) is 0 Å². The number of rotatable bonds is 3. The van der Waals surface area contributed by atoms with E-state index in [0.29, 0.717) is 0 Å². The van der Waals surface area contributed by atoms with Gasteiger partial charge in [-0.25, -0.2) is 0 Å². The zero-order chi connectivity index (χ0) is 16.1. The van der Waals surface area contributed by atoms with E-state index in [1.54, 1.807) is 0 Å². The zero-order valence-corrected chi connectivity index (χ0v) is 14.7. The molecule has 0 amide bonds. The van der Waals surface area contributed by atoms with Crippen molar-refractivity contribution < 1.29 is 0 Å². The molecule has 1 nitrogen and oxygen atoms in total. The Kier molecular flexibility index (Phi) is 3.36. The van der Waals surface area contributed by atoms with Crippen LogP contribution in [0.4, 0.5) is 5.69 Å². The average Bonchev–Trinajstić information content (AvgIpc) is 2.74. The molecule has 0 bridgehead atoms. The first kappa shape index (κ1) is 15.1. The summed E-state index contributed by atoms with van der Waals surface area (Å²) in [7, 11) is 2.03. The van der Waals surface area contributed by atoms with Gasteiger partial charge in [-0.1, -0.05) is 58.9 Å². The van der Waals surface area contributed by atoms with Gasteiger partial charge in [-0.2, -0.15) is 0 Å². The largest absolute Gasteiger partial charge is 0.388 e. The quantitative estimate of drug-likeness (QED) is 0.763. The highest BCUT2D eigenvalue weighted by Gasteiger charge is 2.37. The SMILES string of the molecule is CCC(C)(C)c1cc2c(cc1NC)C(C)(C)c1ccccc1-2. The predicted octanol–water partition coefficient (Wildman–Crippen LogP) is 5.72. The van der Waals surface area contributed by atoms with Gasteiger partial charge in [0.15, 0.2) is 0 Å². The Morgan fingerprint density at radius 2 is 1.68 bits per heavy atom. The van der Waals surface area contributed by atoms with E-state index >= 15 is 0 Å². The molecule has 0 unspecified atom stereocenters. The van der Waals surface area contributed by atoms with Crippen molar-refractivity contribution in [3.05, 3.63) is 53.1 Å². The van der Waals surface area contributed by atoms with Gasteiger partial charge in [0.25, 0.3) is 0 Å². The van der Waals surface area contributed by atoms with Crippen LogP contribution in [0.25, 0.3) is 11.1 Å². The molecule has 0 fully saturated rings. The molecule has 116 valence electrons. The van der Waals surface area contributed by atoms with Crippen molar-refractivity contribution in [3.8, 4) is 11.1 Å². The number of hydrogen-bond acceptors (Lipinski definition) is 1. The van der Waals surface area contributed by atoms with Gasteiger partial charge >= 0.3 is 0 Å². The van der Waals surface area contributed by atoms with Crippen LogP contribution < -0.4 is 5.32 Å². The maximum Gasteiger partial charge on any atom is 0.0379 e. The maximum absolute atomic E-state index is 3.43. The normalized spacial score (nSPS) is 15.4. The fraction of sp³-hybridized carbons (Fsp3) is 0.429. The maximum atomic E-state index is 3.43. The Balaban J connectivity index is 2.32. The van der Waals surface area contributed by atoms with Crippen LogP contribution in [0.5, 0.6) is 0 Å². The first-order chi connectivity index (χ1) is 10.3. The van der Waals surface area contributed by atoms with Crippen LogP contribution in [-0.4, -0.2) is 7.05 Å². The smallest absolute Gasteiger partial charge is 0.0379 e. The highest BCUT2D eigenvalue weighted by atomic mass is 14.8. The highest BCUT2D eigenvalue weighted by molar-refractivity contribution is 5.83. The van der Waals surface area contributed by atoms with Crippen molar-refractivity contribution in [1.82, 2.24) is 0 Å². The third-order valence-electron chi connectivity index (χ3n) is 5.60. The highest BCUT2D eigenvalue weighted by Crippen LogP contribution is 2.51. The molecule has 1 aliphatic carbocycles. The molecule has 0 atom stereocenters. The Bertz CT molecular complexity index is 723. The molecule has 0 spiro atoms. The Hall–Kier alpha value is -1.76. The Morgan fingerprint density at radius 1 is 1.00 bits per heavy atom. The molecule has 22 heavy (non-hydrogen) atoms. The Labute approximate surface area is 134 Å². The van der Waals surface area contributed by atoms with Crippen molar-refractivity contribution in [1.29, 1.82) is 0 Å². The molecular formula is C21H27N. The van der Waals surface area contributed by atoms with Gasteiger partial charge in [-0.3, -0.25) is 0 Å². The molecule has 2 aromatic rings. The summed E-state index contributed by atoms with van der Waals surface area (Å²) in [6.45, 7) is 11.6.